The third-order valence-corrected chi connectivity index (χ3v) is 9.45. The van der Waals surface area contributed by atoms with E-state index in [1.165, 1.54) is 19.5 Å². The molecule has 3 N–H and O–H groups in total. The molecule has 0 radical (unpaired) electrons. The van der Waals surface area contributed by atoms with Gasteiger partial charge in [0, 0.05) is 20.1 Å². The molecule has 13 nitrogen and oxygen atoms in total. The molecule has 246 valence electrons. The third kappa shape index (κ3) is 5.83. The fourth-order valence-corrected chi connectivity index (χ4v) is 6.62. The van der Waals surface area contributed by atoms with Crippen LogP contribution in [0.1, 0.15) is 67.0 Å². The van der Waals surface area contributed by atoms with Crippen LogP contribution in [0, 0.1) is 0 Å². The Morgan fingerprint density at radius 3 is 1.81 bits per heavy atom. The minimum Gasteiger partial charge on any atom is -0.465 e. The second-order valence-corrected chi connectivity index (χ2v) is 12.3. The number of hydrogen-bond donors (Lipinski definition) is 3. The monoisotopic (exact) mass is 648 g/mol. The number of imidazole rings is 2. The number of rotatable bonds is 8. The molecule has 13 heteroatoms. The Hall–Kier alpha value is -5.72. The summed E-state index contributed by atoms with van der Waals surface area (Å²) in [7, 11) is 1.41. The molecule has 0 saturated carbocycles. The first kappa shape index (κ1) is 30.9. The lowest BCUT2D eigenvalue weighted by atomic mass is 10.0. The predicted molar refractivity (Wildman–Crippen MR) is 175 cm³/mol. The highest BCUT2D eigenvalue weighted by molar-refractivity contribution is 5.90. The van der Waals surface area contributed by atoms with Crippen LogP contribution in [-0.4, -0.2) is 88.8 Å². The zero-order chi connectivity index (χ0) is 33.4. The minimum atomic E-state index is -1.13. The van der Waals surface area contributed by atoms with Gasteiger partial charge in [0.15, 0.2) is 0 Å². The molecular weight excluding hydrogens is 612 g/mol. The molecule has 2 aromatic carbocycles. The van der Waals surface area contributed by atoms with E-state index in [1.807, 2.05) is 12.1 Å². The van der Waals surface area contributed by atoms with E-state index in [4.69, 9.17) is 4.42 Å². The molecule has 5 heterocycles. The number of likely N-dealkylation sites (N-methyl/N-ethyl adjacent to an activating group) is 1. The van der Waals surface area contributed by atoms with Crippen LogP contribution < -0.4 is 0 Å². The molecule has 48 heavy (non-hydrogen) atoms. The van der Waals surface area contributed by atoms with Gasteiger partial charge < -0.3 is 29.3 Å². The number of benzene rings is 2. The highest BCUT2D eigenvalue weighted by Crippen LogP contribution is 2.35. The first-order valence-corrected chi connectivity index (χ1v) is 16.1. The quantitative estimate of drug-likeness (QED) is 0.191. The Morgan fingerprint density at radius 1 is 0.812 bits per heavy atom. The molecular formula is C35H36N8O5. The van der Waals surface area contributed by atoms with Gasteiger partial charge in [-0.25, -0.2) is 19.7 Å². The molecule has 2 saturated heterocycles. The van der Waals surface area contributed by atoms with Crippen molar-refractivity contribution in [3.05, 3.63) is 90.9 Å². The first-order chi connectivity index (χ1) is 23.3. The van der Waals surface area contributed by atoms with Gasteiger partial charge in [0.1, 0.15) is 24.0 Å². The maximum Gasteiger partial charge on any atom is 0.407 e. The van der Waals surface area contributed by atoms with Crippen LogP contribution in [0.25, 0.3) is 33.6 Å². The van der Waals surface area contributed by atoms with Crippen molar-refractivity contribution >= 4 is 17.9 Å². The van der Waals surface area contributed by atoms with Crippen LogP contribution in [-0.2, 0) is 4.79 Å². The summed E-state index contributed by atoms with van der Waals surface area (Å²) in [5, 5.41) is 9.31. The Bertz CT molecular complexity index is 1910. The molecule has 0 bridgehead atoms. The van der Waals surface area contributed by atoms with Gasteiger partial charge in [0.2, 0.25) is 5.91 Å². The number of H-pyrrole nitrogens is 2. The van der Waals surface area contributed by atoms with Crippen molar-refractivity contribution in [2.75, 3.05) is 20.1 Å². The maximum absolute atomic E-state index is 13.1. The van der Waals surface area contributed by atoms with Crippen molar-refractivity contribution in [1.29, 1.82) is 0 Å². The molecule has 3 aromatic heterocycles. The highest BCUT2D eigenvalue weighted by Gasteiger charge is 2.37. The van der Waals surface area contributed by atoms with Gasteiger partial charge in [-0.05, 0) is 54.9 Å². The van der Waals surface area contributed by atoms with Crippen LogP contribution in [0.3, 0.4) is 0 Å². The number of carbonyl (C=O) groups excluding carboxylic acids is 2. The Labute approximate surface area is 276 Å². The van der Waals surface area contributed by atoms with Crippen molar-refractivity contribution in [3.63, 3.8) is 0 Å². The fraction of sp³-hybridized carbons (Fsp3) is 0.314. The summed E-state index contributed by atoms with van der Waals surface area (Å²) in [6.45, 7) is 2.81. The zero-order valence-corrected chi connectivity index (χ0v) is 26.7. The maximum atomic E-state index is 13.1. The van der Waals surface area contributed by atoms with E-state index < -0.39 is 12.1 Å². The van der Waals surface area contributed by atoms with Crippen LogP contribution >= 0.6 is 0 Å². The van der Waals surface area contributed by atoms with Crippen molar-refractivity contribution in [1.82, 2.24) is 39.6 Å². The third-order valence-electron chi connectivity index (χ3n) is 9.45. The molecule has 0 spiro atoms. The summed E-state index contributed by atoms with van der Waals surface area (Å²) in [5.41, 5.74) is 5.81. The second-order valence-electron chi connectivity index (χ2n) is 12.3. The van der Waals surface area contributed by atoms with Gasteiger partial charge in [-0.3, -0.25) is 14.5 Å². The van der Waals surface area contributed by atoms with E-state index in [0.29, 0.717) is 18.9 Å². The molecule has 2 aliphatic heterocycles. The summed E-state index contributed by atoms with van der Waals surface area (Å²) >= 11 is 0. The van der Waals surface area contributed by atoms with Crippen molar-refractivity contribution in [2.45, 2.75) is 50.7 Å². The number of nitrogens with zero attached hydrogens (tertiary/aromatic N) is 6. The van der Waals surface area contributed by atoms with Crippen molar-refractivity contribution in [2.24, 2.45) is 0 Å². The van der Waals surface area contributed by atoms with E-state index in [2.05, 4.69) is 61.3 Å². The molecule has 0 aliphatic carbocycles. The van der Waals surface area contributed by atoms with Gasteiger partial charge in [-0.15, -0.1) is 0 Å². The van der Waals surface area contributed by atoms with Gasteiger partial charge >= 0.3 is 12.0 Å². The number of nitrogens with one attached hydrogen (secondary N) is 2. The fourth-order valence-electron chi connectivity index (χ4n) is 6.62. The standard InChI is InChI=1S/C35H36N8O5/c1-21(41(2)35(46)47)33(44)42-16-3-5-28(42)30-37-19-26(39-30)24-11-7-22(8-12-24)23-9-13-25(14-10-23)27-20-38-31(40-27)29-6-4-17-43(29)34(45)32-36-15-18-48-32/h7-15,18-21,28-29H,3-6,16-17H2,1-2H3,(H,37,39)(H,38,40)(H,46,47)/t21-,28-,29?/m0/s1. The van der Waals surface area contributed by atoms with E-state index in [-0.39, 0.29) is 29.8 Å². The zero-order valence-electron chi connectivity index (χ0n) is 26.7. The van der Waals surface area contributed by atoms with Crippen LogP contribution in [0.15, 0.2) is 77.8 Å². The van der Waals surface area contributed by atoms with Crippen LogP contribution in [0.4, 0.5) is 4.79 Å². The number of carboxylic acid groups (broad SMARTS) is 1. The average Bonchev–Trinajstić information content (AvgIpc) is 3.96. The van der Waals surface area contributed by atoms with Gasteiger partial charge in [-0.2, -0.15) is 0 Å². The molecule has 5 aromatic rings. The first-order valence-electron chi connectivity index (χ1n) is 16.1. The Kier molecular flexibility index (Phi) is 8.26. The summed E-state index contributed by atoms with van der Waals surface area (Å²) < 4.78 is 5.23. The second kappa shape index (κ2) is 12.8. The summed E-state index contributed by atoms with van der Waals surface area (Å²) in [5.74, 6) is 1.09. The number of carbonyl (C=O) groups is 3. The summed E-state index contributed by atoms with van der Waals surface area (Å²) in [4.78, 5) is 61.9. The average molecular weight is 649 g/mol. The summed E-state index contributed by atoms with van der Waals surface area (Å²) in [6, 6.07) is 15.3. The Balaban J connectivity index is 1.01. The van der Waals surface area contributed by atoms with Crippen LogP contribution in [0.2, 0.25) is 0 Å². The predicted octanol–water partition coefficient (Wildman–Crippen LogP) is 5.76. The largest absolute Gasteiger partial charge is 0.465 e. The molecule has 1 unspecified atom stereocenters. The lowest BCUT2D eigenvalue weighted by Crippen LogP contribution is -2.47. The number of likely N-dealkylation sites (tertiary alicyclic amines) is 2. The lowest BCUT2D eigenvalue weighted by Gasteiger charge is -2.29. The number of oxazole rings is 1. The van der Waals surface area contributed by atoms with E-state index in [9.17, 15) is 19.5 Å². The number of hydrogen-bond acceptors (Lipinski definition) is 7. The van der Waals surface area contributed by atoms with Gasteiger partial charge in [0.05, 0.1) is 42.1 Å². The van der Waals surface area contributed by atoms with Crippen molar-refractivity contribution < 1.29 is 23.9 Å². The van der Waals surface area contributed by atoms with Gasteiger partial charge in [0.25, 0.3) is 5.89 Å². The van der Waals surface area contributed by atoms with Crippen LogP contribution in [0.5, 0.6) is 0 Å². The number of amides is 3. The lowest BCUT2D eigenvalue weighted by molar-refractivity contribution is -0.136. The van der Waals surface area contributed by atoms with Gasteiger partial charge in [-0.1, -0.05) is 48.5 Å². The molecule has 3 amide bonds. The van der Waals surface area contributed by atoms with E-state index >= 15 is 0 Å². The van der Waals surface area contributed by atoms with E-state index in [0.717, 1.165) is 70.0 Å². The smallest absolute Gasteiger partial charge is 0.407 e. The summed E-state index contributed by atoms with van der Waals surface area (Å²) in [6.07, 6.45) is 8.62. The Morgan fingerprint density at radius 2 is 1.31 bits per heavy atom. The topological polar surface area (TPSA) is 165 Å². The number of aromatic amines is 2. The molecule has 3 atom stereocenters. The highest BCUT2D eigenvalue weighted by atomic mass is 16.4. The molecule has 2 aliphatic rings. The molecule has 7 rings (SSSR count). The minimum absolute atomic E-state index is 0.0921. The van der Waals surface area contributed by atoms with Crippen molar-refractivity contribution in [3.8, 4) is 33.6 Å². The normalized spacial score (nSPS) is 18.3. The molecule has 2 fully saturated rings. The number of aromatic nitrogens is 5. The SMILES string of the molecule is C[C@@H](C(=O)N1CCC[C@H]1c1ncc(-c2ccc(-c3ccc(-c4cnc(C5CCCN5C(=O)c5ncco5)[nH]4)cc3)cc2)[nH]1)N(C)C(=O)O. The van der Waals surface area contributed by atoms with E-state index in [1.54, 1.807) is 29.1 Å².